The minimum absolute atomic E-state index is 0.0113. The SMILES string of the molecule is CC1(C)OCC(c2ccccc2C2(N)CCC2)O1. The second kappa shape index (κ2) is 4.05. The first-order valence-corrected chi connectivity index (χ1v) is 6.70. The Morgan fingerprint density at radius 2 is 1.94 bits per heavy atom. The Hall–Kier alpha value is -0.900. The highest BCUT2D eigenvalue weighted by molar-refractivity contribution is 5.37. The lowest BCUT2D eigenvalue weighted by Crippen LogP contribution is -2.44. The van der Waals surface area contributed by atoms with Crippen molar-refractivity contribution >= 4 is 0 Å². The summed E-state index contributed by atoms with van der Waals surface area (Å²) < 4.78 is 11.6. The van der Waals surface area contributed by atoms with Crippen molar-refractivity contribution in [1.82, 2.24) is 0 Å². The summed E-state index contributed by atoms with van der Waals surface area (Å²) in [4.78, 5) is 0. The second-order valence-corrected chi connectivity index (χ2v) is 5.91. The van der Waals surface area contributed by atoms with Crippen molar-refractivity contribution < 1.29 is 9.47 Å². The maximum atomic E-state index is 6.46. The zero-order valence-corrected chi connectivity index (χ0v) is 11.1. The normalized spacial score (nSPS) is 28.9. The Bertz CT molecular complexity index is 452. The number of nitrogens with two attached hydrogens (primary N) is 1. The molecule has 0 amide bonds. The summed E-state index contributed by atoms with van der Waals surface area (Å²) in [7, 11) is 0. The molecule has 2 N–H and O–H groups in total. The summed E-state index contributed by atoms with van der Waals surface area (Å²) in [5.41, 5.74) is 8.76. The average Bonchev–Trinajstić information content (AvgIpc) is 2.67. The van der Waals surface area contributed by atoms with E-state index in [-0.39, 0.29) is 11.6 Å². The van der Waals surface area contributed by atoms with Crippen molar-refractivity contribution in [3.05, 3.63) is 35.4 Å². The van der Waals surface area contributed by atoms with Gasteiger partial charge in [0.2, 0.25) is 0 Å². The van der Waals surface area contributed by atoms with Gasteiger partial charge in [-0.05, 0) is 44.2 Å². The summed E-state index contributed by atoms with van der Waals surface area (Å²) in [6.07, 6.45) is 3.37. The predicted molar refractivity (Wildman–Crippen MR) is 70.0 cm³/mol. The van der Waals surface area contributed by atoms with Gasteiger partial charge in [0.15, 0.2) is 5.79 Å². The fraction of sp³-hybridized carbons (Fsp3) is 0.600. The van der Waals surface area contributed by atoms with Crippen LogP contribution in [0.4, 0.5) is 0 Å². The maximum Gasteiger partial charge on any atom is 0.163 e. The lowest BCUT2D eigenvalue weighted by atomic mass is 9.71. The molecule has 1 aromatic carbocycles. The van der Waals surface area contributed by atoms with Gasteiger partial charge >= 0.3 is 0 Å². The van der Waals surface area contributed by atoms with Crippen LogP contribution in [0, 0.1) is 0 Å². The summed E-state index contributed by atoms with van der Waals surface area (Å²) in [6, 6.07) is 8.38. The molecule has 2 fully saturated rings. The third-order valence-corrected chi connectivity index (χ3v) is 4.10. The molecule has 1 aromatic rings. The molecule has 1 unspecified atom stereocenters. The Labute approximate surface area is 108 Å². The molecule has 3 rings (SSSR count). The molecule has 18 heavy (non-hydrogen) atoms. The molecule has 2 aliphatic rings. The third-order valence-electron chi connectivity index (χ3n) is 4.10. The van der Waals surface area contributed by atoms with Gasteiger partial charge in [0.25, 0.3) is 0 Å². The summed E-state index contributed by atoms with van der Waals surface area (Å²) in [5.74, 6) is -0.487. The van der Waals surface area contributed by atoms with Crippen molar-refractivity contribution in [2.45, 2.75) is 50.5 Å². The molecule has 1 heterocycles. The van der Waals surface area contributed by atoms with Crippen LogP contribution in [-0.4, -0.2) is 12.4 Å². The first-order valence-electron chi connectivity index (χ1n) is 6.70. The lowest BCUT2D eigenvalue weighted by molar-refractivity contribution is -0.139. The van der Waals surface area contributed by atoms with E-state index in [1.807, 2.05) is 13.8 Å². The molecule has 0 aromatic heterocycles. The highest BCUT2D eigenvalue weighted by Crippen LogP contribution is 2.44. The van der Waals surface area contributed by atoms with Crippen molar-refractivity contribution in [3.8, 4) is 0 Å². The van der Waals surface area contributed by atoms with Gasteiger partial charge in [-0.25, -0.2) is 0 Å². The molecule has 1 aliphatic carbocycles. The largest absolute Gasteiger partial charge is 0.347 e. The van der Waals surface area contributed by atoms with Crippen LogP contribution in [0.25, 0.3) is 0 Å². The molecule has 1 saturated heterocycles. The predicted octanol–water partition coefficient (Wildman–Crippen LogP) is 2.85. The van der Waals surface area contributed by atoms with Gasteiger partial charge in [-0.2, -0.15) is 0 Å². The smallest absolute Gasteiger partial charge is 0.163 e. The van der Waals surface area contributed by atoms with Crippen molar-refractivity contribution in [1.29, 1.82) is 0 Å². The fourth-order valence-electron chi connectivity index (χ4n) is 2.90. The quantitative estimate of drug-likeness (QED) is 0.874. The fourth-order valence-corrected chi connectivity index (χ4v) is 2.90. The van der Waals surface area contributed by atoms with Crippen LogP contribution in [0.15, 0.2) is 24.3 Å². The standard InChI is InChI=1S/C15H21NO2/c1-14(2)17-10-13(18-14)11-6-3-4-7-12(11)15(16)8-5-9-15/h3-4,6-7,13H,5,8-10,16H2,1-2H3. The number of rotatable bonds is 2. The molecule has 3 nitrogen and oxygen atoms in total. The van der Waals surface area contributed by atoms with Crippen molar-refractivity contribution in [2.24, 2.45) is 5.73 Å². The van der Waals surface area contributed by atoms with Gasteiger partial charge in [0.05, 0.1) is 6.61 Å². The van der Waals surface area contributed by atoms with E-state index in [1.165, 1.54) is 17.5 Å². The maximum absolute atomic E-state index is 6.46. The third kappa shape index (κ3) is 1.96. The molecular formula is C15H21NO2. The van der Waals surface area contributed by atoms with E-state index < -0.39 is 5.79 Å². The molecule has 1 aliphatic heterocycles. The van der Waals surface area contributed by atoms with E-state index in [0.29, 0.717) is 6.61 Å². The number of benzene rings is 1. The molecule has 0 bridgehead atoms. The zero-order valence-electron chi connectivity index (χ0n) is 11.1. The molecule has 98 valence electrons. The van der Waals surface area contributed by atoms with Gasteiger partial charge in [-0.15, -0.1) is 0 Å². The van der Waals surface area contributed by atoms with Crippen LogP contribution in [0.5, 0.6) is 0 Å². The highest BCUT2D eigenvalue weighted by Gasteiger charge is 2.40. The molecule has 1 saturated carbocycles. The van der Waals surface area contributed by atoms with Gasteiger partial charge in [-0.3, -0.25) is 0 Å². The second-order valence-electron chi connectivity index (χ2n) is 5.91. The highest BCUT2D eigenvalue weighted by atomic mass is 16.7. The van der Waals surface area contributed by atoms with E-state index in [1.54, 1.807) is 0 Å². The van der Waals surface area contributed by atoms with Crippen LogP contribution >= 0.6 is 0 Å². The number of hydrogen-bond acceptors (Lipinski definition) is 3. The lowest BCUT2D eigenvalue weighted by Gasteiger charge is -2.40. The summed E-state index contributed by atoms with van der Waals surface area (Å²) in [5, 5.41) is 0. The van der Waals surface area contributed by atoms with Crippen LogP contribution < -0.4 is 5.73 Å². The van der Waals surface area contributed by atoms with E-state index in [4.69, 9.17) is 15.2 Å². The summed E-state index contributed by atoms with van der Waals surface area (Å²) in [6.45, 7) is 4.52. The monoisotopic (exact) mass is 247 g/mol. The first-order chi connectivity index (χ1) is 8.50. The molecule has 0 spiro atoms. The average molecular weight is 247 g/mol. The zero-order chi connectivity index (χ0) is 12.8. The Morgan fingerprint density at radius 3 is 2.50 bits per heavy atom. The molecule has 1 atom stereocenters. The van der Waals surface area contributed by atoms with Crippen LogP contribution in [0.1, 0.15) is 50.3 Å². The Kier molecular flexibility index (Phi) is 2.73. The minimum atomic E-state index is -0.487. The topological polar surface area (TPSA) is 44.5 Å². The number of hydrogen-bond donors (Lipinski definition) is 1. The van der Waals surface area contributed by atoms with Gasteiger partial charge < -0.3 is 15.2 Å². The van der Waals surface area contributed by atoms with Gasteiger partial charge in [-0.1, -0.05) is 24.3 Å². The Morgan fingerprint density at radius 1 is 1.22 bits per heavy atom. The number of ether oxygens (including phenoxy) is 2. The molecular weight excluding hydrogens is 226 g/mol. The van der Waals surface area contributed by atoms with E-state index in [2.05, 4.69) is 24.3 Å². The molecule has 3 heteroatoms. The first kappa shape index (κ1) is 12.2. The van der Waals surface area contributed by atoms with Gasteiger partial charge in [0, 0.05) is 5.54 Å². The van der Waals surface area contributed by atoms with E-state index >= 15 is 0 Å². The Balaban J connectivity index is 1.93. The minimum Gasteiger partial charge on any atom is -0.347 e. The van der Waals surface area contributed by atoms with Crippen molar-refractivity contribution in [2.75, 3.05) is 6.61 Å². The molecule has 0 radical (unpaired) electrons. The summed E-state index contributed by atoms with van der Waals surface area (Å²) >= 11 is 0. The van der Waals surface area contributed by atoms with E-state index in [0.717, 1.165) is 12.8 Å². The van der Waals surface area contributed by atoms with Crippen LogP contribution in [0.2, 0.25) is 0 Å². The van der Waals surface area contributed by atoms with Crippen LogP contribution in [0.3, 0.4) is 0 Å². The van der Waals surface area contributed by atoms with Crippen LogP contribution in [-0.2, 0) is 15.0 Å². The van der Waals surface area contributed by atoms with E-state index in [9.17, 15) is 0 Å². The van der Waals surface area contributed by atoms with Crippen molar-refractivity contribution in [3.63, 3.8) is 0 Å². The van der Waals surface area contributed by atoms with Gasteiger partial charge in [0.1, 0.15) is 6.10 Å².